The molecule has 3 fully saturated rings. The average Bonchev–Trinajstić information content (AvgIpc) is 3.45. The summed E-state index contributed by atoms with van der Waals surface area (Å²) in [6.45, 7) is 1.02. The van der Waals surface area contributed by atoms with Crippen molar-refractivity contribution in [3.63, 3.8) is 0 Å². The van der Waals surface area contributed by atoms with Gasteiger partial charge in [0.1, 0.15) is 18.8 Å². The number of Topliss-reactive ketones (excluding diaryl/α,β-unsaturated/α-hetero) is 1. The predicted molar refractivity (Wildman–Crippen MR) is 107 cm³/mol. The number of alkyl halides is 3. The summed E-state index contributed by atoms with van der Waals surface area (Å²) in [4.78, 5) is 51.8. The van der Waals surface area contributed by atoms with Crippen LogP contribution in [0, 0.1) is 17.8 Å². The van der Waals surface area contributed by atoms with Crippen LogP contribution < -0.4 is 10.6 Å². The van der Waals surface area contributed by atoms with Crippen molar-refractivity contribution in [1.29, 1.82) is 0 Å². The predicted octanol–water partition coefficient (Wildman–Crippen LogP) is 0.501. The van der Waals surface area contributed by atoms with Crippen molar-refractivity contribution in [3.8, 4) is 0 Å². The smallest absolute Gasteiger partial charge is 0.383 e. The third-order valence-electron chi connectivity index (χ3n) is 6.88. The lowest BCUT2D eigenvalue weighted by Crippen LogP contribution is -2.55. The van der Waals surface area contributed by atoms with Gasteiger partial charge in [-0.1, -0.05) is 13.3 Å². The summed E-state index contributed by atoms with van der Waals surface area (Å²) in [6, 6.07) is -2.30. The molecule has 1 saturated carbocycles. The Balaban J connectivity index is 1.77. The molecule has 0 aromatic heterocycles. The standard InChI is InChI=1S/C21H30F3N3O6/c1-2-15(28)20(32)27-9-12-4-3-5-13(12)17(27)19(31)26-14(8-11-6-7-25-18(11)30)16(29)10-33-21(22,23)24/h11-15,17,28H,2-10H2,1H3,(H,25,30)(H,26,31)/t11?,12?,13?,14?,15?,17-/m0/s1. The third kappa shape index (κ3) is 6.03. The Labute approximate surface area is 189 Å². The molecule has 6 atom stereocenters. The molecule has 12 heteroatoms. The van der Waals surface area contributed by atoms with Gasteiger partial charge in [0.15, 0.2) is 5.78 Å². The highest BCUT2D eigenvalue weighted by atomic mass is 19.4. The van der Waals surface area contributed by atoms with Crippen LogP contribution in [0.1, 0.15) is 45.4 Å². The van der Waals surface area contributed by atoms with Crippen molar-refractivity contribution in [3.05, 3.63) is 0 Å². The Morgan fingerprint density at radius 2 is 2.00 bits per heavy atom. The molecule has 186 valence electrons. The summed E-state index contributed by atoms with van der Waals surface area (Å²) in [6.07, 6.45) is -3.49. The Bertz CT molecular complexity index is 777. The third-order valence-corrected chi connectivity index (χ3v) is 6.88. The van der Waals surface area contributed by atoms with E-state index in [0.717, 1.165) is 12.8 Å². The van der Waals surface area contributed by atoms with Crippen LogP contribution in [-0.2, 0) is 23.9 Å². The van der Waals surface area contributed by atoms with E-state index in [2.05, 4.69) is 15.4 Å². The number of aliphatic hydroxyl groups is 1. The number of aliphatic hydroxyl groups excluding tert-OH is 1. The number of halogens is 3. The number of hydrogen-bond acceptors (Lipinski definition) is 6. The molecule has 2 heterocycles. The summed E-state index contributed by atoms with van der Waals surface area (Å²) >= 11 is 0. The van der Waals surface area contributed by atoms with Crippen molar-refractivity contribution in [2.24, 2.45) is 17.8 Å². The van der Waals surface area contributed by atoms with E-state index in [1.54, 1.807) is 6.92 Å². The van der Waals surface area contributed by atoms with E-state index in [4.69, 9.17) is 0 Å². The Morgan fingerprint density at radius 1 is 1.27 bits per heavy atom. The highest BCUT2D eigenvalue weighted by Crippen LogP contribution is 2.42. The van der Waals surface area contributed by atoms with Crippen molar-refractivity contribution in [1.82, 2.24) is 15.5 Å². The topological polar surface area (TPSA) is 125 Å². The molecule has 0 spiro atoms. The first-order valence-electron chi connectivity index (χ1n) is 11.3. The first-order chi connectivity index (χ1) is 15.5. The first kappa shape index (κ1) is 25.4. The minimum absolute atomic E-state index is 0.0806. The molecule has 0 radical (unpaired) electrons. The zero-order valence-corrected chi connectivity index (χ0v) is 18.4. The van der Waals surface area contributed by atoms with Crippen LogP contribution in [0.2, 0.25) is 0 Å². The molecule has 3 N–H and O–H groups in total. The fraction of sp³-hybridized carbons (Fsp3) is 0.810. The summed E-state index contributed by atoms with van der Waals surface area (Å²) in [5.74, 6) is -3.29. The maximum absolute atomic E-state index is 13.3. The van der Waals surface area contributed by atoms with Crippen LogP contribution >= 0.6 is 0 Å². The van der Waals surface area contributed by atoms with Crippen LogP contribution in [0.3, 0.4) is 0 Å². The lowest BCUT2D eigenvalue weighted by Gasteiger charge is -2.30. The highest BCUT2D eigenvalue weighted by Gasteiger charge is 2.50. The summed E-state index contributed by atoms with van der Waals surface area (Å²) < 4.78 is 41.0. The SMILES string of the molecule is CCC(O)C(=O)N1CC2CCCC2[C@H]1C(=O)NC(CC1CCNC1=O)C(=O)COC(F)(F)F. The maximum atomic E-state index is 13.3. The molecule has 3 amide bonds. The zero-order chi connectivity index (χ0) is 24.3. The van der Waals surface area contributed by atoms with Crippen LogP contribution in [0.5, 0.6) is 0 Å². The van der Waals surface area contributed by atoms with Crippen LogP contribution in [0.25, 0.3) is 0 Å². The van der Waals surface area contributed by atoms with Gasteiger partial charge in [0.2, 0.25) is 11.8 Å². The molecule has 5 unspecified atom stereocenters. The molecule has 0 aromatic rings. The van der Waals surface area contributed by atoms with Gasteiger partial charge in [0.05, 0.1) is 6.04 Å². The number of carbonyl (C=O) groups is 4. The zero-order valence-electron chi connectivity index (χ0n) is 18.4. The summed E-state index contributed by atoms with van der Waals surface area (Å²) in [5, 5.41) is 15.1. The van der Waals surface area contributed by atoms with Gasteiger partial charge < -0.3 is 20.6 Å². The van der Waals surface area contributed by atoms with Crippen molar-refractivity contribution >= 4 is 23.5 Å². The Kier molecular flexibility index (Phi) is 7.99. The minimum atomic E-state index is -5.02. The van der Waals surface area contributed by atoms with E-state index in [1.165, 1.54) is 4.90 Å². The van der Waals surface area contributed by atoms with Gasteiger partial charge in [0, 0.05) is 19.0 Å². The van der Waals surface area contributed by atoms with Gasteiger partial charge in [0.25, 0.3) is 5.91 Å². The average molecular weight is 477 g/mol. The number of amides is 3. The van der Waals surface area contributed by atoms with E-state index in [0.29, 0.717) is 25.9 Å². The molecule has 2 saturated heterocycles. The molecule has 3 rings (SSSR count). The number of hydrogen-bond donors (Lipinski definition) is 3. The first-order valence-corrected chi connectivity index (χ1v) is 11.3. The van der Waals surface area contributed by atoms with Gasteiger partial charge >= 0.3 is 6.36 Å². The lowest BCUT2D eigenvalue weighted by molar-refractivity contribution is -0.321. The summed E-state index contributed by atoms with van der Waals surface area (Å²) in [7, 11) is 0. The van der Waals surface area contributed by atoms with Crippen molar-refractivity contribution in [2.75, 3.05) is 19.7 Å². The van der Waals surface area contributed by atoms with E-state index in [-0.39, 0.29) is 30.6 Å². The van der Waals surface area contributed by atoms with Gasteiger partial charge in [-0.2, -0.15) is 0 Å². The fourth-order valence-electron chi connectivity index (χ4n) is 5.17. The van der Waals surface area contributed by atoms with Crippen molar-refractivity contribution in [2.45, 2.75) is 70.0 Å². The quantitative estimate of drug-likeness (QED) is 0.444. The van der Waals surface area contributed by atoms with E-state index >= 15 is 0 Å². The monoisotopic (exact) mass is 477 g/mol. The summed E-state index contributed by atoms with van der Waals surface area (Å²) in [5.41, 5.74) is 0. The number of nitrogens with zero attached hydrogens (tertiary/aromatic N) is 1. The molecule has 9 nitrogen and oxygen atoms in total. The molecule has 2 aliphatic heterocycles. The molecular weight excluding hydrogens is 447 g/mol. The normalized spacial score (nSPS) is 28.9. The molecule has 3 aliphatic rings. The van der Waals surface area contributed by atoms with Crippen molar-refractivity contribution < 1.29 is 42.2 Å². The second-order valence-electron chi connectivity index (χ2n) is 8.99. The number of carbonyl (C=O) groups excluding carboxylic acids is 4. The number of fused-ring (bicyclic) bond motifs is 1. The number of nitrogens with one attached hydrogen (secondary N) is 2. The second kappa shape index (κ2) is 10.4. The van der Waals surface area contributed by atoms with Gasteiger partial charge in [-0.05, 0) is 43.9 Å². The van der Waals surface area contributed by atoms with Crippen LogP contribution in [-0.4, -0.2) is 77.8 Å². The molecule has 0 aromatic carbocycles. The van der Waals surface area contributed by atoms with E-state index in [1.807, 2.05) is 0 Å². The fourth-order valence-corrected chi connectivity index (χ4v) is 5.17. The number of ketones is 1. The largest absolute Gasteiger partial charge is 0.522 e. The molecular formula is C21H30F3N3O6. The van der Waals surface area contributed by atoms with E-state index < -0.39 is 54.7 Å². The van der Waals surface area contributed by atoms with Gasteiger partial charge in [-0.3, -0.25) is 23.9 Å². The second-order valence-corrected chi connectivity index (χ2v) is 8.99. The van der Waals surface area contributed by atoms with Crippen LogP contribution in [0.4, 0.5) is 13.2 Å². The number of ether oxygens (including phenoxy) is 1. The minimum Gasteiger partial charge on any atom is -0.383 e. The number of rotatable bonds is 9. The van der Waals surface area contributed by atoms with Gasteiger partial charge in [-0.25, -0.2) is 0 Å². The molecule has 1 aliphatic carbocycles. The Hall–Kier alpha value is -2.21. The van der Waals surface area contributed by atoms with Gasteiger partial charge in [-0.15, -0.1) is 13.2 Å². The highest BCUT2D eigenvalue weighted by molar-refractivity contribution is 5.95. The van der Waals surface area contributed by atoms with Crippen LogP contribution in [0.15, 0.2) is 0 Å². The van der Waals surface area contributed by atoms with E-state index in [9.17, 15) is 37.5 Å². The maximum Gasteiger partial charge on any atom is 0.522 e. The number of likely N-dealkylation sites (tertiary alicyclic amines) is 1. The molecule has 33 heavy (non-hydrogen) atoms. The molecule has 0 bridgehead atoms. The lowest BCUT2D eigenvalue weighted by atomic mass is 9.92. The Morgan fingerprint density at radius 3 is 2.61 bits per heavy atom.